The van der Waals surface area contributed by atoms with Crippen molar-refractivity contribution in [3.63, 3.8) is 0 Å². The van der Waals surface area contributed by atoms with E-state index in [1.54, 1.807) is 0 Å². The average molecular weight is 277 g/mol. The molecule has 0 fully saturated rings. The number of halogens is 3. The molecular weight excluding hydrogens is 277 g/mol. The van der Waals surface area contributed by atoms with Gasteiger partial charge in [0.2, 0.25) is 0 Å². The molecule has 6 nitrogen and oxygen atoms in total. The number of aromatic nitrogens is 3. The number of nitrogens with zero attached hydrogens (tertiary/aromatic N) is 3. The Labute approximate surface area is 83.1 Å². The first kappa shape index (κ1) is 9.56. The van der Waals surface area contributed by atoms with Crippen LogP contribution in [0.5, 0.6) is 0 Å². The molecule has 0 aromatic carbocycles. The van der Waals surface area contributed by atoms with E-state index in [1.807, 2.05) is 0 Å². The van der Waals surface area contributed by atoms with E-state index in [0.717, 1.165) is 0 Å². The van der Waals surface area contributed by atoms with Gasteiger partial charge >= 0.3 is 17.1 Å². The Hall–Kier alpha value is -0.530. The van der Waals surface area contributed by atoms with Gasteiger partial charge in [-0.2, -0.15) is 3.59 Å². The molecule has 0 saturated carbocycles. The molecule has 0 unspecified atom stereocenters. The summed E-state index contributed by atoms with van der Waals surface area (Å²) >= 11 is 12.9. The predicted octanol–water partition coefficient (Wildman–Crippen LogP) is -0.667. The molecule has 0 saturated heterocycles. The van der Waals surface area contributed by atoms with E-state index in [0.29, 0.717) is 3.59 Å². The van der Waals surface area contributed by atoms with E-state index >= 15 is 0 Å². The number of hydrogen-bond donors (Lipinski definition) is 0. The van der Waals surface area contributed by atoms with Crippen molar-refractivity contribution in [1.29, 1.82) is 0 Å². The van der Waals surface area contributed by atoms with Crippen molar-refractivity contribution in [3.8, 4) is 0 Å². The predicted molar refractivity (Wildman–Crippen MR) is 46.0 cm³/mol. The van der Waals surface area contributed by atoms with Gasteiger partial charge in [-0.25, -0.2) is 14.4 Å². The molecule has 0 aliphatic heterocycles. The second kappa shape index (κ2) is 3.08. The Balaban J connectivity index is 4.00. The first-order chi connectivity index (χ1) is 5.46. The van der Waals surface area contributed by atoms with E-state index in [-0.39, 0.29) is 8.17 Å². The summed E-state index contributed by atoms with van der Waals surface area (Å²) in [5.74, 6) is 0. The highest BCUT2D eigenvalue weighted by Crippen LogP contribution is 1.80. The van der Waals surface area contributed by atoms with Gasteiger partial charge in [-0.05, 0) is 0 Å². The monoisotopic (exact) mass is 275 g/mol. The fraction of sp³-hybridized carbons (Fsp3) is 0. The summed E-state index contributed by atoms with van der Waals surface area (Å²) in [6, 6.07) is 0. The largest absolute Gasteiger partial charge is 0.366 e. The molecule has 0 amide bonds. The van der Waals surface area contributed by atoms with Crippen LogP contribution >= 0.6 is 39.7 Å². The molecule has 9 heteroatoms. The van der Waals surface area contributed by atoms with Crippen molar-refractivity contribution in [2.45, 2.75) is 0 Å². The highest BCUT2D eigenvalue weighted by Gasteiger charge is 2.10. The van der Waals surface area contributed by atoms with E-state index in [2.05, 4.69) is 16.1 Å². The van der Waals surface area contributed by atoms with Crippen molar-refractivity contribution in [1.82, 2.24) is 11.8 Å². The summed E-state index contributed by atoms with van der Waals surface area (Å²) in [7, 11) is 0. The average Bonchev–Trinajstić information content (AvgIpc) is 2.08. The second-order valence-electron chi connectivity index (χ2n) is 1.69. The van der Waals surface area contributed by atoms with Crippen LogP contribution in [-0.2, 0) is 0 Å². The third-order valence-corrected chi connectivity index (χ3v) is 2.19. The fourth-order valence-corrected chi connectivity index (χ4v) is 1.32. The minimum atomic E-state index is -1.11. The van der Waals surface area contributed by atoms with Gasteiger partial charge in [0.15, 0.2) is 0 Å². The van der Waals surface area contributed by atoms with Crippen LogP contribution < -0.4 is 17.1 Å². The zero-order valence-electron chi connectivity index (χ0n) is 5.20. The van der Waals surface area contributed by atoms with Crippen LogP contribution in [0.25, 0.3) is 0 Å². The first-order valence-electron chi connectivity index (χ1n) is 2.46. The molecule has 0 N–H and O–H groups in total. The van der Waals surface area contributed by atoms with Crippen LogP contribution in [0.2, 0.25) is 0 Å². The van der Waals surface area contributed by atoms with Crippen molar-refractivity contribution >= 4 is 39.7 Å². The minimum Gasteiger partial charge on any atom is -0.245 e. The molecule has 0 spiro atoms. The van der Waals surface area contributed by atoms with Crippen LogP contribution in [0, 0.1) is 0 Å². The SMILES string of the molecule is O=c1n(Cl)c(=O)n(Br)c(=O)n1Cl. The van der Waals surface area contributed by atoms with Gasteiger partial charge < -0.3 is 0 Å². The van der Waals surface area contributed by atoms with Crippen LogP contribution in [0.15, 0.2) is 14.4 Å². The maximum atomic E-state index is 10.8. The normalized spacial score (nSPS) is 10.2. The van der Waals surface area contributed by atoms with Crippen LogP contribution in [-0.4, -0.2) is 11.8 Å². The Bertz CT molecular complexity index is 383. The molecule has 12 heavy (non-hydrogen) atoms. The summed E-state index contributed by atoms with van der Waals surface area (Å²) in [6.07, 6.45) is 0. The van der Waals surface area contributed by atoms with Gasteiger partial charge in [0.05, 0.1) is 16.1 Å². The Morgan fingerprint density at radius 3 is 1.58 bits per heavy atom. The lowest BCUT2D eigenvalue weighted by Gasteiger charge is -1.96. The Morgan fingerprint density at radius 2 is 1.25 bits per heavy atom. The van der Waals surface area contributed by atoms with E-state index in [9.17, 15) is 14.4 Å². The molecule has 1 rings (SSSR count). The summed E-state index contributed by atoms with van der Waals surface area (Å²) in [5, 5.41) is 0. The molecule has 1 aromatic heterocycles. The highest BCUT2D eigenvalue weighted by atomic mass is 79.9. The van der Waals surface area contributed by atoms with Crippen LogP contribution in [0.3, 0.4) is 0 Å². The number of hydrogen-bond acceptors (Lipinski definition) is 3. The second-order valence-corrected chi connectivity index (χ2v) is 3.08. The lowest BCUT2D eigenvalue weighted by atomic mass is 11.0. The van der Waals surface area contributed by atoms with Gasteiger partial charge in [0.25, 0.3) is 0 Å². The van der Waals surface area contributed by atoms with E-state index in [1.165, 1.54) is 0 Å². The summed E-state index contributed by atoms with van der Waals surface area (Å²) in [6.45, 7) is 0. The van der Waals surface area contributed by atoms with Crippen molar-refractivity contribution in [3.05, 3.63) is 31.5 Å². The van der Waals surface area contributed by atoms with Crippen molar-refractivity contribution in [2.24, 2.45) is 0 Å². The lowest BCUT2D eigenvalue weighted by Crippen LogP contribution is -2.46. The quantitative estimate of drug-likeness (QED) is 0.632. The smallest absolute Gasteiger partial charge is 0.245 e. The van der Waals surface area contributed by atoms with E-state index < -0.39 is 17.1 Å². The Morgan fingerprint density at radius 1 is 0.917 bits per heavy atom. The molecule has 0 aliphatic rings. The van der Waals surface area contributed by atoms with Gasteiger partial charge in [-0.3, -0.25) is 0 Å². The standard InChI is InChI=1S/C3BrCl2N3O3/c4-7-1(10)8(5)3(12)9(6)2(7)11. The van der Waals surface area contributed by atoms with Gasteiger partial charge in [0, 0.05) is 23.6 Å². The maximum absolute atomic E-state index is 10.8. The zero-order chi connectivity index (χ0) is 9.46. The zero-order valence-corrected chi connectivity index (χ0v) is 8.30. The molecule has 0 atom stereocenters. The molecule has 66 valence electrons. The van der Waals surface area contributed by atoms with E-state index in [4.69, 9.17) is 23.6 Å². The number of rotatable bonds is 0. The summed E-state index contributed by atoms with van der Waals surface area (Å²) in [4.78, 5) is 32.5. The molecule has 0 bridgehead atoms. The summed E-state index contributed by atoms with van der Waals surface area (Å²) < 4.78 is 0.765. The van der Waals surface area contributed by atoms with Gasteiger partial charge in [0.1, 0.15) is 0 Å². The first-order valence-corrected chi connectivity index (χ1v) is 3.85. The minimum absolute atomic E-state index is 0.170. The van der Waals surface area contributed by atoms with Crippen molar-refractivity contribution in [2.75, 3.05) is 0 Å². The van der Waals surface area contributed by atoms with Gasteiger partial charge in [-0.15, -0.1) is 8.17 Å². The Kier molecular flexibility index (Phi) is 2.45. The molecule has 1 aromatic rings. The lowest BCUT2D eigenvalue weighted by molar-refractivity contribution is 0.784. The molecular formula is C3BrCl2N3O3. The van der Waals surface area contributed by atoms with Crippen LogP contribution in [0.1, 0.15) is 0 Å². The van der Waals surface area contributed by atoms with Crippen LogP contribution in [0.4, 0.5) is 0 Å². The highest BCUT2D eigenvalue weighted by molar-refractivity contribution is 9.08. The third kappa shape index (κ3) is 1.23. The third-order valence-electron chi connectivity index (χ3n) is 1.01. The maximum Gasteiger partial charge on any atom is 0.366 e. The fourth-order valence-electron chi connectivity index (χ4n) is 0.477. The van der Waals surface area contributed by atoms with Crippen molar-refractivity contribution < 1.29 is 0 Å². The molecule has 1 heterocycles. The van der Waals surface area contributed by atoms with Gasteiger partial charge in [-0.1, -0.05) is 0 Å². The summed E-state index contributed by atoms with van der Waals surface area (Å²) in [5.41, 5.74) is -3.13. The molecule has 0 aliphatic carbocycles. The molecule has 0 radical (unpaired) electrons. The topological polar surface area (TPSA) is 66.0 Å².